The van der Waals surface area contributed by atoms with Gasteiger partial charge in [-0.05, 0) is 49.6 Å². The van der Waals surface area contributed by atoms with Crippen LogP contribution in [0.3, 0.4) is 0 Å². The molecule has 1 aliphatic heterocycles. The zero-order valence-electron chi connectivity index (χ0n) is 15.7. The van der Waals surface area contributed by atoms with Crippen LogP contribution in [0.1, 0.15) is 34.3 Å². The zero-order chi connectivity index (χ0) is 21.1. The van der Waals surface area contributed by atoms with Crippen molar-refractivity contribution >= 4 is 40.7 Å². The summed E-state index contributed by atoms with van der Waals surface area (Å²) in [7, 11) is 0. The Labute approximate surface area is 177 Å². The van der Waals surface area contributed by atoms with Crippen LogP contribution in [0.15, 0.2) is 36.4 Å². The molecule has 0 aliphatic carbocycles. The molecule has 0 radical (unpaired) electrons. The lowest BCUT2D eigenvalue weighted by Crippen LogP contribution is -2.45. The molecule has 2 aromatic rings. The summed E-state index contributed by atoms with van der Waals surface area (Å²) in [4.78, 5) is 37.6. The van der Waals surface area contributed by atoms with Crippen molar-refractivity contribution in [3.8, 4) is 0 Å². The molecular weight excluding hydrogens is 417 g/mol. The molecule has 1 aliphatic rings. The molecule has 7 nitrogen and oxygen atoms in total. The normalized spacial score (nSPS) is 16.0. The third kappa shape index (κ3) is 4.68. The molecule has 0 bridgehead atoms. The number of nitro groups is 1. The van der Waals surface area contributed by atoms with E-state index in [0.29, 0.717) is 40.6 Å². The van der Waals surface area contributed by atoms with Crippen LogP contribution in [0.4, 0.5) is 5.69 Å². The van der Waals surface area contributed by atoms with E-state index in [1.165, 1.54) is 23.1 Å². The highest BCUT2D eigenvalue weighted by Gasteiger charge is 2.34. The highest BCUT2D eigenvalue weighted by Crippen LogP contribution is 2.25. The quantitative estimate of drug-likeness (QED) is 0.564. The molecule has 1 heterocycles. The zero-order valence-corrected chi connectivity index (χ0v) is 17.2. The Balaban J connectivity index is 1.70. The second-order valence-electron chi connectivity index (χ2n) is 6.87. The fourth-order valence-corrected chi connectivity index (χ4v) is 3.88. The van der Waals surface area contributed by atoms with Gasteiger partial charge in [0, 0.05) is 40.3 Å². The van der Waals surface area contributed by atoms with E-state index < -0.39 is 11.0 Å². The summed E-state index contributed by atoms with van der Waals surface area (Å²) in [5, 5.41) is 14.8. The molecule has 0 saturated carbocycles. The SMILES string of the molecule is Cc1cc(C(=O)N2CCCC2C(=O)NCc2ccc(Cl)cc2Cl)ccc1[N+](=O)[O-]. The first kappa shape index (κ1) is 21.1. The van der Waals surface area contributed by atoms with E-state index in [1.807, 2.05) is 0 Å². The summed E-state index contributed by atoms with van der Waals surface area (Å²) in [5.74, 6) is -0.578. The average molecular weight is 436 g/mol. The van der Waals surface area contributed by atoms with E-state index >= 15 is 0 Å². The molecule has 1 N–H and O–H groups in total. The summed E-state index contributed by atoms with van der Waals surface area (Å²) < 4.78 is 0. The van der Waals surface area contributed by atoms with Crippen molar-refractivity contribution in [2.75, 3.05) is 6.54 Å². The summed E-state index contributed by atoms with van der Waals surface area (Å²) in [6.45, 7) is 2.26. The number of carbonyl (C=O) groups excluding carboxylic acids is 2. The smallest absolute Gasteiger partial charge is 0.272 e. The van der Waals surface area contributed by atoms with Crippen molar-refractivity contribution in [2.24, 2.45) is 0 Å². The number of benzene rings is 2. The van der Waals surface area contributed by atoms with Crippen LogP contribution in [0, 0.1) is 17.0 Å². The number of carbonyl (C=O) groups is 2. The highest BCUT2D eigenvalue weighted by molar-refractivity contribution is 6.35. The van der Waals surface area contributed by atoms with Gasteiger partial charge in [-0.2, -0.15) is 0 Å². The topological polar surface area (TPSA) is 92.6 Å². The Bertz CT molecular complexity index is 980. The Morgan fingerprint density at radius 3 is 2.66 bits per heavy atom. The highest BCUT2D eigenvalue weighted by atomic mass is 35.5. The Kier molecular flexibility index (Phi) is 6.39. The first-order chi connectivity index (χ1) is 13.8. The van der Waals surface area contributed by atoms with Crippen LogP contribution in [-0.2, 0) is 11.3 Å². The number of hydrogen-bond donors (Lipinski definition) is 1. The number of nitro benzene ring substituents is 1. The Morgan fingerprint density at radius 2 is 2.00 bits per heavy atom. The standard InChI is InChI=1S/C20H19Cl2N3O4/c1-12-9-13(5-7-17(12)25(28)29)20(27)24-8-2-3-18(24)19(26)23-11-14-4-6-15(21)10-16(14)22/h4-7,9-10,18H,2-3,8,11H2,1H3,(H,23,26). The predicted octanol–water partition coefficient (Wildman–Crippen LogP) is 4.13. The van der Waals surface area contributed by atoms with Crippen LogP contribution in [0.25, 0.3) is 0 Å². The molecule has 0 aromatic heterocycles. The molecule has 0 spiro atoms. The summed E-state index contributed by atoms with van der Waals surface area (Å²) in [6.07, 6.45) is 1.26. The van der Waals surface area contributed by atoms with Crippen molar-refractivity contribution in [1.29, 1.82) is 0 Å². The monoisotopic (exact) mass is 435 g/mol. The Hall–Kier alpha value is -2.64. The minimum Gasteiger partial charge on any atom is -0.350 e. The molecule has 2 amide bonds. The fraction of sp³-hybridized carbons (Fsp3) is 0.300. The average Bonchev–Trinajstić information content (AvgIpc) is 3.16. The molecule has 152 valence electrons. The number of hydrogen-bond acceptors (Lipinski definition) is 4. The van der Waals surface area contributed by atoms with Crippen molar-refractivity contribution in [1.82, 2.24) is 10.2 Å². The fourth-order valence-electron chi connectivity index (χ4n) is 3.41. The van der Waals surface area contributed by atoms with Gasteiger partial charge in [-0.15, -0.1) is 0 Å². The molecule has 1 atom stereocenters. The third-order valence-corrected chi connectivity index (χ3v) is 5.51. The van der Waals surface area contributed by atoms with Gasteiger partial charge in [0.2, 0.25) is 5.91 Å². The van der Waals surface area contributed by atoms with E-state index in [4.69, 9.17) is 23.2 Å². The van der Waals surface area contributed by atoms with Crippen LogP contribution in [0.5, 0.6) is 0 Å². The van der Waals surface area contributed by atoms with Gasteiger partial charge in [-0.1, -0.05) is 29.3 Å². The maximum atomic E-state index is 12.9. The van der Waals surface area contributed by atoms with Gasteiger partial charge in [0.05, 0.1) is 4.92 Å². The molecule has 3 rings (SSSR count). The van der Waals surface area contributed by atoms with Gasteiger partial charge < -0.3 is 10.2 Å². The third-order valence-electron chi connectivity index (χ3n) is 4.92. The molecular formula is C20H19Cl2N3O4. The minimum atomic E-state index is -0.593. The summed E-state index contributed by atoms with van der Waals surface area (Å²) in [6, 6.07) is 8.67. The van der Waals surface area contributed by atoms with Gasteiger partial charge in [0.25, 0.3) is 11.6 Å². The van der Waals surface area contributed by atoms with Crippen LogP contribution in [-0.4, -0.2) is 34.2 Å². The van der Waals surface area contributed by atoms with E-state index in [9.17, 15) is 19.7 Å². The largest absolute Gasteiger partial charge is 0.350 e. The molecule has 9 heteroatoms. The summed E-state index contributed by atoms with van der Waals surface area (Å²) in [5.41, 5.74) is 1.41. The van der Waals surface area contributed by atoms with Crippen LogP contribution < -0.4 is 5.32 Å². The van der Waals surface area contributed by atoms with Gasteiger partial charge >= 0.3 is 0 Å². The number of nitrogens with one attached hydrogen (secondary N) is 1. The van der Waals surface area contributed by atoms with E-state index in [0.717, 1.165) is 5.56 Å². The first-order valence-electron chi connectivity index (χ1n) is 9.05. The molecule has 1 fully saturated rings. The predicted molar refractivity (Wildman–Crippen MR) is 110 cm³/mol. The van der Waals surface area contributed by atoms with Crippen molar-refractivity contribution in [3.63, 3.8) is 0 Å². The van der Waals surface area contributed by atoms with Crippen molar-refractivity contribution in [3.05, 3.63) is 73.2 Å². The number of nitrogens with zero attached hydrogens (tertiary/aromatic N) is 2. The second-order valence-corrected chi connectivity index (χ2v) is 7.71. The van der Waals surface area contributed by atoms with Crippen LogP contribution >= 0.6 is 23.2 Å². The van der Waals surface area contributed by atoms with Gasteiger partial charge in [-0.3, -0.25) is 19.7 Å². The number of amides is 2. The lowest BCUT2D eigenvalue weighted by Gasteiger charge is -2.24. The second kappa shape index (κ2) is 8.80. The van der Waals surface area contributed by atoms with Crippen LogP contribution in [0.2, 0.25) is 10.0 Å². The van der Waals surface area contributed by atoms with Crippen molar-refractivity contribution < 1.29 is 14.5 Å². The number of aryl methyl sites for hydroxylation is 1. The molecule has 1 unspecified atom stereocenters. The van der Waals surface area contributed by atoms with Gasteiger partial charge in [0.15, 0.2) is 0 Å². The van der Waals surface area contributed by atoms with E-state index in [-0.39, 0.29) is 24.0 Å². The molecule has 2 aromatic carbocycles. The minimum absolute atomic E-state index is 0.0443. The van der Waals surface area contributed by atoms with E-state index in [1.54, 1.807) is 25.1 Å². The number of likely N-dealkylation sites (tertiary alicyclic amines) is 1. The molecule has 29 heavy (non-hydrogen) atoms. The number of rotatable bonds is 5. The first-order valence-corrected chi connectivity index (χ1v) is 9.81. The lowest BCUT2D eigenvalue weighted by atomic mass is 10.1. The van der Waals surface area contributed by atoms with Gasteiger partial charge in [-0.25, -0.2) is 0 Å². The Morgan fingerprint density at radius 1 is 1.24 bits per heavy atom. The van der Waals surface area contributed by atoms with Gasteiger partial charge in [0.1, 0.15) is 6.04 Å². The van der Waals surface area contributed by atoms with E-state index in [2.05, 4.69) is 5.32 Å². The molecule has 1 saturated heterocycles. The summed E-state index contributed by atoms with van der Waals surface area (Å²) >= 11 is 12.0. The lowest BCUT2D eigenvalue weighted by molar-refractivity contribution is -0.385. The van der Waals surface area contributed by atoms with Crippen molar-refractivity contribution in [2.45, 2.75) is 32.4 Å². The number of halogens is 2. The maximum Gasteiger partial charge on any atom is 0.272 e. The maximum absolute atomic E-state index is 12.9.